The van der Waals surface area contributed by atoms with Crippen molar-refractivity contribution in [1.82, 2.24) is 20.0 Å². The van der Waals surface area contributed by atoms with Gasteiger partial charge in [0.25, 0.3) is 5.56 Å². The van der Waals surface area contributed by atoms with Gasteiger partial charge in [0.2, 0.25) is 5.91 Å². The third-order valence-electron chi connectivity index (χ3n) is 4.98. The second-order valence-electron chi connectivity index (χ2n) is 8.36. The number of nitrogens with one attached hydrogen (secondary N) is 1. The Hall–Kier alpha value is -2.38. The van der Waals surface area contributed by atoms with Gasteiger partial charge < -0.3 is 10.1 Å². The second kappa shape index (κ2) is 7.32. The summed E-state index contributed by atoms with van der Waals surface area (Å²) in [4.78, 5) is 38.5. The van der Waals surface area contributed by atoms with Gasteiger partial charge in [0.15, 0.2) is 0 Å². The number of carbonyl (C=O) groups is 2. The summed E-state index contributed by atoms with van der Waals surface area (Å²) in [6, 6.07) is 1.05. The van der Waals surface area contributed by atoms with Crippen LogP contribution in [0.3, 0.4) is 0 Å². The van der Waals surface area contributed by atoms with Crippen LogP contribution >= 0.6 is 0 Å². The van der Waals surface area contributed by atoms with Crippen LogP contribution in [-0.2, 0) is 29.4 Å². The summed E-state index contributed by atoms with van der Waals surface area (Å²) in [6.07, 6.45) is 3.05. The average Bonchev–Trinajstić information content (AvgIpc) is 3.04. The Morgan fingerprint density at radius 2 is 2.04 bits per heavy atom. The largest absolute Gasteiger partial charge is 0.444 e. The van der Waals surface area contributed by atoms with Crippen LogP contribution in [0.1, 0.15) is 51.3 Å². The highest BCUT2D eigenvalue weighted by molar-refractivity contribution is 5.86. The average molecular weight is 376 g/mol. The Balaban J connectivity index is 1.64. The van der Waals surface area contributed by atoms with Crippen LogP contribution in [0.25, 0.3) is 0 Å². The van der Waals surface area contributed by atoms with E-state index in [1.807, 2.05) is 20.8 Å². The number of hydrogen-bond donors (Lipinski definition) is 1. The van der Waals surface area contributed by atoms with Crippen molar-refractivity contribution in [1.29, 1.82) is 0 Å². The fourth-order valence-electron chi connectivity index (χ4n) is 3.69. The molecule has 27 heavy (non-hydrogen) atoms. The summed E-state index contributed by atoms with van der Waals surface area (Å²) in [5.41, 5.74) is 1.07. The first-order valence-electron chi connectivity index (χ1n) is 9.50. The molecule has 1 aromatic rings. The lowest BCUT2D eigenvalue weighted by Crippen LogP contribution is -2.51. The van der Waals surface area contributed by atoms with Crippen molar-refractivity contribution in [2.75, 3.05) is 6.54 Å². The molecule has 0 radical (unpaired) electrons. The predicted octanol–water partition coefficient (Wildman–Crippen LogP) is 1.15. The molecule has 2 amide bonds. The second-order valence-corrected chi connectivity index (χ2v) is 8.36. The van der Waals surface area contributed by atoms with Gasteiger partial charge in [-0.1, -0.05) is 0 Å². The molecule has 1 N–H and O–H groups in total. The highest BCUT2D eigenvalue weighted by Crippen LogP contribution is 2.23. The van der Waals surface area contributed by atoms with Gasteiger partial charge in [-0.25, -0.2) is 9.48 Å². The Morgan fingerprint density at radius 3 is 2.74 bits per heavy atom. The van der Waals surface area contributed by atoms with E-state index in [1.165, 1.54) is 9.58 Å². The number of fused-ring (bicyclic) bond motifs is 1. The normalized spacial score (nSPS) is 22.3. The lowest BCUT2D eigenvalue weighted by atomic mass is 9.92. The van der Waals surface area contributed by atoms with Crippen LogP contribution in [0.2, 0.25) is 0 Å². The molecule has 2 heterocycles. The zero-order chi connectivity index (χ0) is 19.8. The van der Waals surface area contributed by atoms with Gasteiger partial charge in [0.05, 0.1) is 5.69 Å². The molecular formula is C19H28N4O4. The van der Waals surface area contributed by atoms with Crippen molar-refractivity contribution in [3.05, 3.63) is 27.7 Å². The molecule has 0 aromatic carbocycles. The van der Waals surface area contributed by atoms with Gasteiger partial charge in [0, 0.05) is 25.7 Å². The maximum absolute atomic E-state index is 12.8. The van der Waals surface area contributed by atoms with Gasteiger partial charge in [-0.2, -0.15) is 5.10 Å². The molecule has 8 heteroatoms. The van der Waals surface area contributed by atoms with Crippen molar-refractivity contribution in [3.8, 4) is 0 Å². The SMILES string of the molecule is Cn1nc2c(cc1=O)CC(NC(=O)C1CCCN1C(=O)OC(C)(C)C)CC2. The molecule has 1 aliphatic heterocycles. The number of amides is 2. The van der Waals surface area contributed by atoms with Gasteiger partial charge in [-0.05, 0) is 58.4 Å². The Kier molecular flexibility index (Phi) is 5.26. The molecule has 1 aromatic heterocycles. The monoisotopic (exact) mass is 376 g/mol. The number of carbonyl (C=O) groups excluding carboxylic acids is 2. The van der Waals surface area contributed by atoms with Crippen molar-refractivity contribution in [2.45, 2.75) is 70.6 Å². The molecular weight excluding hydrogens is 348 g/mol. The zero-order valence-corrected chi connectivity index (χ0v) is 16.4. The standard InChI is InChI=1S/C19H28N4O4/c1-19(2,3)27-18(26)23-9-5-6-15(23)17(25)20-13-7-8-14-12(10-13)11-16(24)22(4)21-14/h11,13,15H,5-10H2,1-4H3,(H,20,25). The molecule has 1 aliphatic carbocycles. The van der Waals surface area contributed by atoms with E-state index < -0.39 is 17.7 Å². The third-order valence-corrected chi connectivity index (χ3v) is 4.98. The van der Waals surface area contributed by atoms with Gasteiger partial charge in [0.1, 0.15) is 11.6 Å². The summed E-state index contributed by atoms with van der Waals surface area (Å²) in [5.74, 6) is -0.149. The predicted molar refractivity (Wildman–Crippen MR) is 99.4 cm³/mol. The fourth-order valence-corrected chi connectivity index (χ4v) is 3.69. The lowest BCUT2D eigenvalue weighted by Gasteiger charge is -2.30. The van der Waals surface area contributed by atoms with Crippen LogP contribution in [0.15, 0.2) is 10.9 Å². The van der Waals surface area contributed by atoms with E-state index >= 15 is 0 Å². The molecule has 148 valence electrons. The number of aryl methyl sites for hydroxylation is 2. The number of likely N-dealkylation sites (tertiary alicyclic amines) is 1. The smallest absolute Gasteiger partial charge is 0.410 e. The summed E-state index contributed by atoms with van der Waals surface area (Å²) >= 11 is 0. The maximum Gasteiger partial charge on any atom is 0.410 e. The molecule has 2 atom stereocenters. The van der Waals surface area contributed by atoms with E-state index in [2.05, 4.69) is 10.4 Å². The first kappa shape index (κ1) is 19.4. The van der Waals surface area contributed by atoms with Crippen LogP contribution in [-0.4, -0.2) is 50.9 Å². The van der Waals surface area contributed by atoms with Crippen molar-refractivity contribution in [3.63, 3.8) is 0 Å². The summed E-state index contributed by atoms with van der Waals surface area (Å²) in [7, 11) is 1.64. The van der Waals surface area contributed by atoms with Gasteiger partial charge in [-0.3, -0.25) is 14.5 Å². The minimum Gasteiger partial charge on any atom is -0.444 e. The van der Waals surface area contributed by atoms with Crippen LogP contribution in [0.4, 0.5) is 4.79 Å². The van der Waals surface area contributed by atoms with E-state index in [4.69, 9.17) is 4.74 Å². The van der Waals surface area contributed by atoms with E-state index in [-0.39, 0.29) is 17.5 Å². The van der Waals surface area contributed by atoms with Gasteiger partial charge in [-0.15, -0.1) is 0 Å². The van der Waals surface area contributed by atoms with E-state index in [0.717, 1.165) is 30.5 Å². The first-order chi connectivity index (χ1) is 12.6. The minimum absolute atomic E-state index is 0.0556. The number of aromatic nitrogens is 2. The Morgan fingerprint density at radius 1 is 1.30 bits per heavy atom. The van der Waals surface area contributed by atoms with Crippen molar-refractivity contribution in [2.24, 2.45) is 7.05 Å². The molecule has 0 saturated carbocycles. The minimum atomic E-state index is -0.590. The zero-order valence-electron chi connectivity index (χ0n) is 16.4. The summed E-state index contributed by atoms with van der Waals surface area (Å²) in [6.45, 7) is 5.97. The molecule has 0 bridgehead atoms. The molecule has 1 saturated heterocycles. The molecule has 8 nitrogen and oxygen atoms in total. The van der Waals surface area contributed by atoms with Crippen LogP contribution < -0.4 is 10.9 Å². The van der Waals surface area contributed by atoms with Crippen LogP contribution in [0, 0.1) is 0 Å². The van der Waals surface area contributed by atoms with Crippen molar-refractivity contribution < 1.29 is 14.3 Å². The van der Waals surface area contributed by atoms with E-state index in [1.54, 1.807) is 13.1 Å². The Labute approximate surface area is 158 Å². The summed E-state index contributed by atoms with van der Waals surface area (Å²) in [5, 5.41) is 7.35. The molecule has 1 fully saturated rings. The molecule has 0 spiro atoms. The quantitative estimate of drug-likeness (QED) is 0.836. The topological polar surface area (TPSA) is 93.5 Å². The lowest BCUT2D eigenvalue weighted by molar-refractivity contribution is -0.126. The molecule has 3 rings (SSSR count). The maximum atomic E-state index is 12.8. The Bertz CT molecular complexity index is 796. The highest BCUT2D eigenvalue weighted by Gasteiger charge is 2.37. The van der Waals surface area contributed by atoms with Crippen molar-refractivity contribution >= 4 is 12.0 Å². The molecule has 2 unspecified atom stereocenters. The number of hydrogen-bond acceptors (Lipinski definition) is 5. The number of rotatable bonds is 2. The third kappa shape index (κ3) is 4.48. The van der Waals surface area contributed by atoms with E-state index in [9.17, 15) is 14.4 Å². The fraction of sp³-hybridized carbons (Fsp3) is 0.684. The number of ether oxygens (including phenoxy) is 1. The molecule has 2 aliphatic rings. The van der Waals surface area contributed by atoms with Crippen LogP contribution in [0.5, 0.6) is 0 Å². The first-order valence-corrected chi connectivity index (χ1v) is 9.50. The highest BCUT2D eigenvalue weighted by atomic mass is 16.6. The van der Waals surface area contributed by atoms with E-state index in [0.29, 0.717) is 19.4 Å². The summed E-state index contributed by atoms with van der Waals surface area (Å²) < 4.78 is 6.77. The number of nitrogens with zero attached hydrogens (tertiary/aromatic N) is 3. The van der Waals surface area contributed by atoms with Gasteiger partial charge >= 0.3 is 6.09 Å².